The molecule has 2 fully saturated rings. The lowest BCUT2D eigenvalue weighted by Gasteiger charge is -2.26. The summed E-state index contributed by atoms with van der Waals surface area (Å²) in [6.07, 6.45) is 8.65. The summed E-state index contributed by atoms with van der Waals surface area (Å²) >= 11 is 7.54. The third-order valence-electron chi connectivity index (χ3n) is 6.89. The summed E-state index contributed by atoms with van der Waals surface area (Å²) < 4.78 is 5.89. The number of rotatable bonds is 11. The van der Waals surface area contributed by atoms with Gasteiger partial charge in [0.2, 0.25) is 5.91 Å². The zero-order valence-electron chi connectivity index (χ0n) is 20.3. The molecule has 7 heteroatoms. The third kappa shape index (κ3) is 8.51. The highest BCUT2D eigenvalue weighted by Crippen LogP contribution is 2.28. The van der Waals surface area contributed by atoms with Crippen molar-refractivity contribution in [2.45, 2.75) is 70.2 Å². The second-order valence-corrected chi connectivity index (χ2v) is 11.0. The van der Waals surface area contributed by atoms with Crippen molar-refractivity contribution in [2.24, 2.45) is 5.92 Å². The Kier molecular flexibility index (Phi) is 10.3. The molecule has 1 aliphatic heterocycles. The Morgan fingerprint density at radius 2 is 1.83 bits per heavy atom. The molecule has 1 heterocycles. The van der Waals surface area contributed by atoms with Crippen LogP contribution in [0.15, 0.2) is 54.6 Å². The van der Waals surface area contributed by atoms with Gasteiger partial charge in [-0.05, 0) is 42.0 Å². The molecule has 2 aromatic rings. The SMILES string of the molecule is O=C(N[C@H](CCC1CCCCC1)C(=S)NCc1ccc(OCc2ccccc2)cc1)[C@@H]1CSCN1. The average Bonchev–Trinajstić information content (AvgIpc) is 3.45. The molecular weight excluding hydrogens is 474 g/mol. The van der Waals surface area contributed by atoms with Gasteiger partial charge in [0.1, 0.15) is 12.4 Å². The van der Waals surface area contributed by atoms with Gasteiger partial charge in [0, 0.05) is 18.2 Å². The topological polar surface area (TPSA) is 62.4 Å². The number of carbonyl (C=O) groups is 1. The molecule has 0 bridgehead atoms. The van der Waals surface area contributed by atoms with Gasteiger partial charge in [0.25, 0.3) is 0 Å². The number of hydrogen-bond donors (Lipinski definition) is 3. The van der Waals surface area contributed by atoms with E-state index in [4.69, 9.17) is 17.0 Å². The number of thiocarbonyl (C=S) groups is 1. The number of nitrogens with one attached hydrogen (secondary N) is 3. The van der Waals surface area contributed by atoms with Crippen LogP contribution in [-0.4, -0.2) is 34.6 Å². The molecule has 0 radical (unpaired) electrons. The van der Waals surface area contributed by atoms with E-state index in [1.54, 1.807) is 11.8 Å². The minimum Gasteiger partial charge on any atom is -0.489 e. The van der Waals surface area contributed by atoms with E-state index in [1.165, 1.54) is 32.1 Å². The van der Waals surface area contributed by atoms with Gasteiger partial charge < -0.3 is 15.4 Å². The Balaban J connectivity index is 1.27. The minimum atomic E-state index is -0.125. The molecule has 3 N–H and O–H groups in total. The Morgan fingerprint density at radius 1 is 1.06 bits per heavy atom. The van der Waals surface area contributed by atoms with Crippen molar-refractivity contribution < 1.29 is 9.53 Å². The summed E-state index contributed by atoms with van der Waals surface area (Å²) in [7, 11) is 0. The zero-order valence-corrected chi connectivity index (χ0v) is 22.0. The maximum absolute atomic E-state index is 12.8. The van der Waals surface area contributed by atoms with Crippen LogP contribution >= 0.6 is 24.0 Å². The fourth-order valence-corrected chi connectivity index (χ4v) is 5.93. The molecule has 0 spiro atoms. The van der Waals surface area contributed by atoms with Crippen LogP contribution in [0.5, 0.6) is 5.75 Å². The summed E-state index contributed by atoms with van der Waals surface area (Å²) in [6, 6.07) is 18.0. The van der Waals surface area contributed by atoms with E-state index in [2.05, 4.69) is 40.2 Å². The van der Waals surface area contributed by atoms with Gasteiger partial charge in [0.05, 0.1) is 17.1 Å². The first kappa shape index (κ1) is 26.0. The lowest BCUT2D eigenvalue weighted by Crippen LogP contribution is -2.51. The lowest BCUT2D eigenvalue weighted by molar-refractivity contribution is -0.122. The van der Waals surface area contributed by atoms with E-state index in [0.717, 1.165) is 52.3 Å². The van der Waals surface area contributed by atoms with E-state index < -0.39 is 0 Å². The lowest BCUT2D eigenvalue weighted by atomic mass is 9.85. The van der Waals surface area contributed by atoms with E-state index in [-0.39, 0.29) is 18.0 Å². The first-order valence-electron chi connectivity index (χ1n) is 12.8. The Bertz CT molecular complexity index is 927. The molecule has 0 unspecified atom stereocenters. The van der Waals surface area contributed by atoms with E-state index in [0.29, 0.717) is 13.2 Å². The largest absolute Gasteiger partial charge is 0.489 e. The van der Waals surface area contributed by atoms with E-state index in [9.17, 15) is 4.79 Å². The quantitative estimate of drug-likeness (QED) is 0.361. The molecule has 0 aromatic heterocycles. The molecule has 1 saturated carbocycles. The van der Waals surface area contributed by atoms with Gasteiger partial charge in [0.15, 0.2) is 0 Å². The van der Waals surface area contributed by atoms with Crippen molar-refractivity contribution >= 4 is 34.9 Å². The van der Waals surface area contributed by atoms with Crippen molar-refractivity contribution in [1.82, 2.24) is 16.0 Å². The van der Waals surface area contributed by atoms with Gasteiger partial charge >= 0.3 is 0 Å². The van der Waals surface area contributed by atoms with Crippen LogP contribution in [0, 0.1) is 5.92 Å². The maximum Gasteiger partial charge on any atom is 0.238 e. The highest BCUT2D eigenvalue weighted by molar-refractivity contribution is 7.99. The zero-order chi connectivity index (χ0) is 24.3. The smallest absolute Gasteiger partial charge is 0.238 e. The summed E-state index contributed by atoms with van der Waals surface area (Å²) in [5.41, 5.74) is 2.28. The van der Waals surface area contributed by atoms with Gasteiger partial charge in [-0.1, -0.05) is 86.8 Å². The Morgan fingerprint density at radius 3 is 2.54 bits per heavy atom. The van der Waals surface area contributed by atoms with Crippen LogP contribution in [0.2, 0.25) is 0 Å². The van der Waals surface area contributed by atoms with Gasteiger partial charge in [-0.25, -0.2) is 0 Å². The number of hydrogen-bond acceptors (Lipinski definition) is 5. The first-order valence-corrected chi connectivity index (χ1v) is 14.4. The predicted octanol–water partition coefficient (Wildman–Crippen LogP) is 5.19. The third-order valence-corrected chi connectivity index (χ3v) is 8.26. The first-order chi connectivity index (χ1) is 17.2. The number of thioether (sulfide) groups is 1. The van der Waals surface area contributed by atoms with E-state index in [1.807, 2.05) is 30.3 Å². The van der Waals surface area contributed by atoms with Crippen molar-refractivity contribution in [2.75, 3.05) is 11.6 Å². The Hall–Kier alpha value is -2.09. The fourth-order valence-electron chi connectivity index (χ4n) is 4.74. The molecule has 35 heavy (non-hydrogen) atoms. The second-order valence-electron chi connectivity index (χ2n) is 9.55. The van der Waals surface area contributed by atoms with Crippen molar-refractivity contribution in [3.8, 4) is 5.75 Å². The van der Waals surface area contributed by atoms with E-state index >= 15 is 0 Å². The number of benzene rings is 2. The molecule has 4 rings (SSSR count). The maximum atomic E-state index is 12.8. The molecular formula is C28H37N3O2S2. The van der Waals surface area contributed by atoms with Gasteiger partial charge in [-0.15, -0.1) is 11.8 Å². The highest BCUT2D eigenvalue weighted by Gasteiger charge is 2.27. The van der Waals surface area contributed by atoms with Crippen LogP contribution < -0.4 is 20.7 Å². The summed E-state index contributed by atoms with van der Waals surface area (Å²) in [4.78, 5) is 13.5. The number of carbonyl (C=O) groups excluding carboxylic acids is 1. The minimum absolute atomic E-state index is 0.0627. The standard InChI is InChI=1S/C28H37N3O2S2/c32-27(26-19-35-20-30-26)31-25(16-13-21-7-3-1-4-8-21)28(34)29-17-22-11-14-24(15-12-22)33-18-23-9-5-2-6-10-23/h2,5-6,9-12,14-15,21,25-26,30H,1,3-4,7-8,13,16-20H2,(H,29,34)(H,31,32)/t25-,26+/m1/s1. The molecule has 1 amide bonds. The second kappa shape index (κ2) is 13.9. The molecule has 2 aliphatic rings. The monoisotopic (exact) mass is 511 g/mol. The van der Waals surface area contributed by atoms with Crippen molar-refractivity contribution in [3.63, 3.8) is 0 Å². The van der Waals surface area contributed by atoms with Crippen LogP contribution in [0.1, 0.15) is 56.1 Å². The summed E-state index contributed by atoms with van der Waals surface area (Å²) in [5, 5.41) is 9.91. The molecule has 5 nitrogen and oxygen atoms in total. The summed E-state index contributed by atoms with van der Waals surface area (Å²) in [5.74, 6) is 3.32. The molecule has 1 aliphatic carbocycles. The van der Waals surface area contributed by atoms with Gasteiger partial charge in [-0.3, -0.25) is 10.1 Å². The van der Waals surface area contributed by atoms with Gasteiger partial charge in [-0.2, -0.15) is 0 Å². The number of ether oxygens (including phenoxy) is 1. The van der Waals surface area contributed by atoms with Crippen LogP contribution in [-0.2, 0) is 17.9 Å². The molecule has 1 saturated heterocycles. The molecule has 188 valence electrons. The predicted molar refractivity (Wildman–Crippen MR) is 149 cm³/mol. The van der Waals surface area contributed by atoms with Crippen LogP contribution in [0.4, 0.5) is 0 Å². The number of amides is 1. The molecule has 2 atom stereocenters. The Labute approximate surface area is 219 Å². The van der Waals surface area contributed by atoms with Crippen molar-refractivity contribution in [1.29, 1.82) is 0 Å². The average molecular weight is 512 g/mol. The van der Waals surface area contributed by atoms with Crippen LogP contribution in [0.3, 0.4) is 0 Å². The van der Waals surface area contributed by atoms with Crippen LogP contribution in [0.25, 0.3) is 0 Å². The summed E-state index contributed by atoms with van der Waals surface area (Å²) in [6.45, 7) is 1.18. The fraction of sp³-hybridized carbons (Fsp3) is 0.500. The highest BCUT2D eigenvalue weighted by atomic mass is 32.2. The molecule has 2 aromatic carbocycles. The normalized spacial score (nSPS) is 19.1. The van der Waals surface area contributed by atoms with Crippen molar-refractivity contribution in [3.05, 3.63) is 65.7 Å².